The smallest absolute Gasteiger partial charge is 0.316 e. The van der Waals surface area contributed by atoms with Gasteiger partial charge in [0, 0.05) is 40.8 Å². The van der Waals surface area contributed by atoms with E-state index < -0.39 is 8.60 Å². The topological polar surface area (TPSA) is 27.7 Å². The van der Waals surface area contributed by atoms with Crippen LogP contribution in [-0.2, 0) is 33.0 Å². The Morgan fingerprint density at radius 2 is 1.12 bits per heavy atom. The fourth-order valence-electron chi connectivity index (χ4n) is 0.224. The fraction of sp³-hybridized carbons (Fsp3) is 1.00. The van der Waals surface area contributed by atoms with Gasteiger partial charge in [-0.25, -0.2) is 0 Å². The molecule has 0 aliphatic rings. The zero-order chi connectivity index (χ0) is 5.70. The minimum absolute atomic E-state index is 0. The number of hydrogen-bond acceptors (Lipinski definition) is 3. The summed E-state index contributed by atoms with van der Waals surface area (Å²) < 4.78 is 14.0. The molecule has 0 saturated carbocycles. The van der Waals surface area contributed by atoms with Gasteiger partial charge >= 0.3 is 8.60 Å². The molecule has 3 nitrogen and oxygen atoms in total. The average molecular weight is 225 g/mol. The molecule has 52 valence electrons. The van der Waals surface area contributed by atoms with Crippen molar-refractivity contribution in [3.63, 3.8) is 0 Å². The van der Waals surface area contributed by atoms with Crippen LogP contribution in [-0.4, -0.2) is 21.3 Å². The Hall–Kier alpha value is 0.933. The van der Waals surface area contributed by atoms with Crippen LogP contribution in [0.1, 0.15) is 0 Å². The minimum atomic E-state index is -1.05. The van der Waals surface area contributed by atoms with E-state index in [1.807, 2.05) is 0 Å². The van der Waals surface area contributed by atoms with Crippen LogP contribution in [0.15, 0.2) is 0 Å². The van der Waals surface area contributed by atoms with Crippen LogP contribution < -0.4 is 0 Å². The molecule has 0 amide bonds. The summed E-state index contributed by atoms with van der Waals surface area (Å²) in [6, 6.07) is 0. The van der Waals surface area contributed by atoms with E-state index in [1.165, 1.54) is 0 Å². The molecule has 0 aromatic heterocycles. The van der Waals surface area contributed by atoms with Gasteiger partial charge in [0.15, 0.2) is 0 Å². The second-order valence-corrected chi connectivity index (χ2v) is 2.31. The first-order valence-electron chi connectivity index (χ1n) is 1.77. The molecule has 0 bridgehead atoms. The molecule has 0 fully saturated rings. The van der Waals surface area contributed by atoms with Crippen LogP contribution >= 0.6 is 8.60 Å². The summed E-state index contributed by atoms with van der Waals surface area (Å²) in [5.74, 6) is 0. The molecule has 0 aromatic carbocycles. The maximum absolute atomic E-state index is 4.67. The largest absolute Gasteiger partial charge is 0.331 e. The molecule has 0 radical (unpaired) electrons. The Morgan fingerprint density at radius 3 is 1.12 bits per heavy atom. The molecule has 0 saturated heterocycles. The van der Waals surface area contributed by atoms with Crippen molar-refractivity contribution in [3.8, 4) is 0 Å². The molecule has 0 aromatic rings. The molecule has 0 aliphatic heterocycles. The third kappa shape index (κ3) is 5.08. The molecule has 0 spiro atoms. The van der Waals surface area contributed by atoms with Gasteiger partial charge in [-0.2, -0.15) is 0 Å². The number of hydrogen-bond donors (Lipinski definition) is 0. The molecule has 0 aliphatic carbocycles. The van der Waals surface area contributed by atoms with E-state index >= 15 is 0 Å². The van der Waals surface area contributed by atoms with Crippen molar-refractivity contribution in [1.82, 2.24) is 0 Å². The Bertz CT molecular complexity index is 36.0. The summed E-state index contributed by atoms with van der Waals surface area (Å²) in [4.78, 5) is 0. The second kappa shape index (κ2) is 7.93. The summed E-state index contributed by atoms with van der Waals surface area (Å²) in [6.07, 6.45) is 0. The normalized spacial score (nSPS) is 9.00. The Kier molecular flexibility index (Phi) is 11.6. The molecule has 0 atom stereocenters. The van der Waals surface area contributed by atoms with Crippen molar-refractivity contribution in [3.05, 3.63) is 0 Å². The molecule has 5 heteroatoms. The zero-order valence-corrected chi connectivity index (χ0v) is 7.66. The van der Waals surface area contributed by atoms with Gasteiger partial charge in [0.2, 0.25) is 0 Å². The van der Waals surface area contributed by atoms with Crippen molar-refractivity contribution >= 4 is 8.60 Å². The molecule has 8 heavy (non-hydrogen) atoms. The first kappa shape index (κ1) is 11.7. The minimum Gasteiger partial charge on any atom is -0.316 e. The van der Waals surface area contributed by atoms with Crippen molar-refractivity contribution in [2.24, 2.45) is 0 Å². The summed E-state index contributed by atoms with van der Waals surface area (Å²) in [6.45, 7) is 0. The molecular weight excluding hydrogens is 216 g/mol. The predicted octanol–water partition coefficient (Wildman–Crippen LogP) is 1.15. The zero-order valence-electron chi connectivity index (χ0n) is 5.03. The Balaban J connectivity index is 0. The van der Waals surface area contributed by atoms with Crippen molar-refractivity contribution in [1.29, 1.82) is 0 Å². The van der Waals surface area contributed by atoms with Gasteiger partial charge in [-0.1, -0.05) is 0 Å². The van der Waals surface area contributed by atoms with Crippen LogP contribution in [0, 0.1) is 0 Å². The standard InChI is InChI=1S/C3H9O3P.Ru/c1-4-7(5-2)6-3;/h1-3H3;. The van der Waals surface area contributed by atoms with E-state index in [-0.39, 0.29) is 19.5 Å². The van der Waals surface area contributed by atoms with Gasteiger partial charge in [-0.05, 0) is 0 Å². The van der Waals surface area contributed by atoms with Gasteiger partial charge < -0.3 is 13.6 Å². The quantitative estimate of drug-likeness (QED) is 0.532. The molecule has 0 heterocycles. The van der Waals surface area contributed by atoms with Crippen LogP contribution in [0.4, 0.5) is 0 Å². The monoisotopic (exact) mass is 226 g/mol. The van der Waals surface area contributed by atoms with Gasteiger partial charge in [0.1, 0.15) is 0 Å². The van der Waals surface area contributed by atoms with E-state index in [0.29, 0.717) is 0 Å². The van der Waals surface area contributed by atoms with Crippen LogP contribution in [0.3, 0.4) is 0 Å². The van der Waals surface area contributed by atoms with E-state index in [4.69, 9.17) is 0 Å². The second-order valence-electron chi connectivity index (χ2n) is 0.771. The summed E-state index contributed by atoms with van der Waals surface area (Å²) in [5.41, 5.74) is 0. The van der Waals surface area contributed by atoms with Gasteiger partial charge in [0.05, 0.1) is 0 Å². The van der Waals surface area contributed by atoms with Crippen molar-refractivity contribution in [2.75, 3.05) is 21.3 Å². The van der Waals surface area contributed by atoms with Gasteiger partial charge in [0.25, 0.3) is 0 Å². The molecule has 0 N–H and O–H groups in total. The van der Waals surface area contributed by atoms with E-state index in [2.05, 4.69) is 13.6 Å². The summed E-state index contributed by atoms with van der Waals surface area (Å²) in [5, 5.41) is 0. The van der Waals surface area contributed by atoms with Crippen LogP contribution in [0.2, 0.25) is 0 Å². The summed E-state index contributed by atoms with van der Waals surface area (Å²) in [7, 11) is 3.57. The van der Waals surface area contributed by atoms with Crippen molar-refractivity contribution < 1.29 is 33.0 Å². The molecular formula is C3H9O3PRu. The number of rotatable bonds is 3. The predicted molar refractivity (Wildman–Crippen MR) is 27.9 cm³/mol. The SMILES string of the molecule is COP(OC)OC.[Ru]. The fourth-order valence-corrected chi connectivity index (χ4v) is 0.671. The van der Waals surface area contributed by atoms with Gasteiger partial charge in [-0.3, -0.25) is 0 Å². The van der Waals surface area contributed by atoms with E-state index in [9.17, 15) is 0 Å². The Labute approximate surface area is 63.5 Å². The van der Waals surface area contributed by atoms with Gasteiger partial charge in [-0.15, -0.1) is 0 Å². The van der Waals surface area contributed by atoms with Crippen molar-refractivity contribution in [2.45, 2.75) is 0 Å². The van der Waals surface area contributed by atoms with E-state index in [0.717, 1.165) is 0 Å². The third-order valence-electron chi connectivity index (χ3n) is 0.447. The average Bonchev–Trinajstić information content (AvgIpc) is 1.72. The maximum Gasteiger partial charge on any atom is 0.331 e. The first-order valence-corrected chi connectivity index (χ1v) is 2.87. The molecule has 0 rings (SSSR count). The van der Waals surface area contributed by atoms with Crippen LogP contribution in [0.5, 0.6) is 0 Å². The first-order chi connectivity index (χ1) is 3.35. The maximum atomic E-state index is 4.67. The van der Waals surface area contributed by atoms with E-state index in [1.54, 1.807) is 21.3 Å². The van der Waals surface area contributed by atoms with Crippen LogP contribution in [0.25, 0.3) is 0 Å². The summed E-state index contributed by atoms with van der Waals surface area (Å²) >= 11 is 0. The third-order valence-corrected chi connectivity index (χ3v) is 1.34. The Morgan fingerprint density at radius 1 is 0.875 bits per heavy atom. The molecule has 0 unspecified atom stereocenters.